The van der Waals surface area contributed by atoms with E-state index in [1.807, 2.05) is 0 Å². The number of rotatable bonds is 2. The summed E-state index contributed by atoms with van der Waals surface area (Å²) in [6, 6.07) is 6.15. The highest BCUT2D eigenvalue weighted by Gasteiger charge is 2.12. The van der Waals surface area contributed by atoms with Crippen LogP contribution in [0.25, 0.3) is 0 Å². The molecule has 0 aliphatic carbocycles. The van der Waals surface area contributed by atoms with Crippen molar-refractivity contribution in [2.24, 2.45) is 0 Å². The summed E-state index contributed by atoms with van der Waals surface area (Å²) in [5, 5.41) is 1.73. The lowest BCUT2D eigenvalue weighted by Crippen LogP contribution is -2.07. The van der Waals surface area contributed by atoms with Gasteiger partial charge in [-0.1, -0.05) is 24.8 Å². The summed E-state index contributed by atoms with van der Waals surface area (Å²) in [4.78, 5) is 10.7. The molecular formula is C8H9NO3S2. The third-order valence-corrected chi connectivity index (χ3v) is 2.79. The Bertz CT molecular complexity index is 453. The number of sulfone groups is 1. The molecule has 1 rings (SSSR count). The molecule has 0 radical (unpaired) electrons. The zero-order chi connectivity index (χ0) is 10.8. The van der Waals surface area contributed by atoms with Crippen LogP contribution in [0.5, 0.6) is 0 Å². The molecule has 6 heteroatoms. The maximum absolute atomic E-state index is 11.3. The molecule has 0 saturated heterocycles. The summed E-state index contributed by atoms with van der Waals surface area (Å²) in [5.74, 6) is 0. The molecule has 4 nitrogen and oxygen atoms in total. The topological polar surface area (TPSA) is 63.2 Å². The highest BCUT2D eigenvalue weighted by molar-refractivity contribution is 7.97. The van der Waals surface area contributed by atoms with Crippen LogP contribution in [-0.4, -0.2) is 19.9 Å². The van der Waals surface area contributed by atoms with Gasteiger partial charge in [-0.05, 0) is 12.1 Å². The SMILES string of the molecule is CS(=O)(=O)c1ccccc1NC(=O)S. The van der Waals surface area contributed by atoms with E-state index >= 15 is 0 Å². The molecule has 1 N–H and O–H groups in total. The maximum atomic E-state index is 11.3. The van der Waals surface area contributed by atoms with Gasteiger partial charge < -0.3 is 5.32 Å². The van der Waals surface area contributed by atoms with Crippen LogP contribution in [0.4, 0.5) is 10.5 Å². The van der Waals surface area contributed by atoms with Crippen LogP contribution in [-0.2, 0) is 9.84 Å². The Kier molecular flexibility index (Phi) is 3.17. The predicted octanol–water partition coefficient (Wildman–Crippen LogP) is 1.55. The second-order valence-corrected chi connectivity index (χ2v) is 5.09. The molecule has 1 amide bonds. The third-order valence-electron chi connectivity index (χ3n) is 1.53. The van der Waals surface area contributed by atoms with Crippen molar-refractivity contribution in [1.29, 1.82) is 0 Å². The van der Waals surface area contributed by atoms with Gasteiger partial charge in [0.25, 0.3) is 5.24 Å². The monoisotopic (exact) mass is 231 g/mol. The summed E-state index contributed by atoms with van der Waals surface area (Å²) < 4.78 is 22.5. The van der Waals surface area contributed by atoms with Crippen LogP contribution < -0.4 is 5.32 Å². The van der Waals surface area contributed by atoms with Gasteiger partial charge in [-0.25, -0.2) is 8.42 Å². The van der Waals surface area contributed by atoms with E-state index in [0.29, 0.717) is 0 Å². The van der Waals surface area contributed by atoms with E-state index in [9.17, 15) is 13.2 Å². The minimum Gasteiger partial charge on any atom is -0.316 e. The zero-order valence-corrected chi connectivity index (χ0v) is 9.10. The smallest absolute Gasteiger partial charge is 0.280 e. The van der Waals surface area contributed by atoms with E-state index in [4.69, 9.17) is 0 Å². The van der Waals surface area contributed by atoms with Gasteiger partial charge in [-0.2, -0.15) is 0 Å². The molecule has 0 aliphatic heterocycles. The van der Waals surface area contributed by atoms with Gasteiger partial charge in [-0.3, -0.25) is 4.79 Å². The van der Waals surface area contributed by atoms with Crippen LogP contribution in [0.15, 0.2) is 29.2 Å². The lowest BCUT2D eigenvalue weighted by molar-refractivity contribution is 0.270. The maximum Gasteiger partial charge on any atom is 0.280 e. The lowest BCUT2D eigenvalue weighted by atomic mass is 10.3. The standard InChI is InChI=1S/C8H9NO3S2/c1-14(11,12)7-5-3-2-4-6(7)9-8(10)13/h2-5H,1H3,(H2,9,10,13). The quantitative estimate of drug-likeness (QED) is 0.759. The van der Waals surface area contributed by atoms with Crippen LogP contribution in [0.2, 0.25) is 0 Å². The molecule has 0 fully saturated rings. The molecule has 76 valence electrons. The number of carbonyl (C=O) groups is 1. The number of carbonyl (C=O) groups excluding carboxylic acids is 1. The van der Waals surface area contributed by atoms with Crippen molar-refractivity contribution in [3.05, 3.63) is 24.3 Å². The number of nitrogens with one attached hydrogen (secondary N) is 1. The summed E-state index contributed by atoms with van der Waals surface area (Å²) in [6.45, 7) is 0. The molecule has 1 aromatic rings. The fourth-order valence-corrected chi connectivity index (χ4v) is 1.97. The first-order chi connectivity index (χ1) is 6.41. The van der Waals surface area contributed by atoms with E-state index in [1.165, 1.54) is 12.1 Å². The minimum atomic E-state index is -3.33. The Labute approximate surface area is 87.7 Å². The number of hydrogen-bond donors (Lipinski definition) is 2. The van der Waals surface area contributed by atoms with Gasteiger partial charge >= 0.3 is 0 Å². The summed E-state index contributed by atoms with van der Waals surface area (Å²) >= 11 is 3.51. The van der Waals surface area contributed by atoms with Crippen LogP contribution in [0.3, 0.4) is 0 Å². The highest BCUT2D eigenvalue weighted by Crippen LogP contribution is 2.20. The average molecular weight is 231 g/mol. The first-order valence-corrected chi connectivity index (χ1v) is 6.04. The fourth-order valence-electron chi connectivity index (χ4n) is 1.01. The number of para-hydroxylation sites is 1. The normalized spacial score (nSPS) is 11.0. The average Bonchev–Trinajstić information content (AvgIpc) is 2.01. The van der Waals surface area contributed by atoms with Crippen molar-refractivity contribution in [2.45, 2.75) is 4.90 Å². The van der Waals surface area contributed by atoms with Crippen LogP contribution >= 0.6 is 12.6 Å². The largest absolute Gasteiger partial charge is 0.316 e. The molecule has 0 aliphatic rings. The molecule has 14 heavy (non-hydrogen) atoms. The Morgan fingerprint density at radius 2 is 1.93 bits per heavy atom. The van der Waals surface area contributed by atoms with Gasteiger partial charge in [-0.15, -0.1) is 0 Å². The second-order valence-electron chi connectivity index (χ2n) is 2.70. The van der Waals surface area contributed by atoms with Crippen molar-refractivity contribution in [2.75, 3.05) is 11.6 Å². The number of thiol groups is 1. The number of benzene rings is 1. The Hall–Kier alpha value is -1.01. The first-order valence-electron chi connectivity index (χ1n) is 3.70. The van der Waals surface area contributed by atoms with Gasteiger partial charge in [0.05, 0.1) is 10.6 Å². The van der Waals surface area contributed by atoms with Crippen molar-refractivity contribution >= 4 is 33.4 Å². The molecule has 0 bridgehead atoms. The van der Waals surface area contributed by atoms with Crippen molar-refractivity contribution in [3.63, 3.8) is 0 Å². The van der Waals surface area contributed by atoms with Crippen molar-refractivity contribution in [1.82, 2.24) is 0 Å². The highest BCUT2D eigenvalue weighted by atomic mass is 32.2. The molecule has 0 atom stereocenters. The predicted molar refractivity (Wildman–Crippen MR) is 57.6 cm³/mol. The van der Waals surface area contributed by atoms with E-state index < -0.39 is 15.1 Å². The Morgan fingerprint density at radius 3 is 2.43 bits per heavy atom. The minimum absolute atomic E-state index is 0.0856. The number of amides is 1. The fraction of sp³-hybridized carbons (Fsp3) is 0.125. The van der Waals surface area contributed by atoms with E-state index in [-0.39, 0.29) is 10.6 Å². The van der Waals surface area contributed by atoms with Gasteiger partial charge in [0, 0.05) is 6.26 Å². The van der Waals surface area contributed by atoms with E-state index in [0.717, 1.165) is 6.26 Å². The molecular weight excluding hydrogens is 222 g/mol. The lowest BCUT2D eigenvalue weighted by Gasteiger charge is -2.06. The Balaban J connectivity index is 3.23. The number of hydrogen-bond acceptors (Lipinski definition) is 3. The molecule has 0 aromatic heterocycles. The molecule has 0 unspecified atom stereocenters. The summed E-state index contributed by atoms with van der Waals surface area (Å²) in [7, 11) is -3.33. The van der Waals surface area contributed by atoms with E-state index in [1.54, 1.807) is 12.1 Å². The summed E-state index contributed by atoms with van der Waals surface area (Å²) in [5.41, 5.74) is 0.245. The zero-order valence-electron chi connectivity index (χ0n) is 7.39. The van der Waals surface area contributed by atoms with Crippen molar-refractivity contribution in [3.8, 4) is 0 Å². The van der Waals surface area contributed by atoms with Crippen LogP contribution in [0, 0.1) is 0 Å². The second kappa shape index (κ2) is 4.02. The third kappa shape index (κ3) is 2.74. The number of anilines is 1. The molecule has 0 heterocycles. The molecule has 0 spiro atoms. The Morgan fingerprint density at radius 1 is 1.36 bits per heavy atom. The van der Waals surface area contributed by atoms with E-state index in [2.05, 4.69) is 17.9 Å². The van der Waals surface area contributed by atoms with Crippen LogP contribution in [0.1, 0.15) is 0 Å². The molecule has 0 saturated carbocycles. The first kappa shape index (κ1) is 11.1. The van der Waals surface area contributed by atoms with Crippen molar-refractivity contribution < 1.29 is 13.2 Å². The summed E-state index contributed by atoms with van der Waals surface area (Å²) in [6.07, 6.45) is 1.08. The van der Waals surface area contributed by atoms with Gasteiger partial charge in [0.2, 0.25) is 0 Å². The van der Waals surface area contributed by atoms with Gasteiger partial charge in [0.15, 0.2) is 9.84 Å². The molecule has 1 aromatic carbocycles. The van der Waals surface area contributed by atoms with Gasteiger partial charge in [0.1, 0.15) is 0 Å².